The monoisotopic (exact) mass is 159 g/mol. The fraction of sp³-hybridized carbons (Fsp3) is 1.00. The van der Waals surface area contributed by atoms with Gasteiger partial charge in [-0.25, -0.2) is 0 Å². The van der Waals surface area contributed by atoms with Gasteiger partial charge in [0.1, 0.15) is 0 Å². The summed E-state index contributed by atoms with van der Waals surface area (Å²) in [6.45, 7) is 7.27. The molecule has 0 saturated carbocycles. The summed E-state index contributed by atoms with van der Waals surface area (Å²) >= 11 is 0. The molecule has 0 aromatic carbocycles. The average molecular weight is 159 g/mol. The molecule has 0 unspecified atom stereocenters. The normalized spacial score (nSPS) is 10.4. The third kappa shape index (κ3) is 9.88. The van der Waals surface area contributed by atoms with Gasteiger partial charge < -0.3 is 16.4 Å². The first-order valence-corrected chi connectivity index (χ1v) is 4.53. The molecule has 0 amide bonds. The fourth-order valence-electron chi connectivity index (χ4n) is 0.867. The van der Waals surface area contributed by atoms with Gasteiger partial charge in [0.05, 0.1) is 0 Å². The smallest absolute Gasteiger partial charge is 0.00368 e. The lowest BCUT2D eigenvalue weighted by Crippen LogP contribution is -2.23. The van der Waals surface area contributed by atoms with Crippen molar-refractivity contribution >= 4 is 0 Å². The van der Waals surface area contributed by atoms with Gasteiger partial charge >= 0.3 is 0 Å². The molecule has 0 atom stereocenters. The Hall–Kier alpha value is -0.120. The van der Waals surface area contributed by atoms with Crippen LogP contribution >= 0.6 is 0 Å². The van der Waals surface area contributed by atoms with Crippen molar-refractivity contribution in [2.24, 2.45) is 5.73 Å². The first kappa shape index (κ1) is 10.9. The minimum absolute atomic E-state index is 0.792. The van der Waals surface area contributed by atoms with Gasteiger partial charge in [-0.15, -0.1) is 0 Å². The van der Waals surface area contributed by atoms with Crippen molar-refractivity contribution < 1.29 is 0 Å². The molecule has 0 aliphatic carbocycles. The van der Waals surface area contributed by atoms with Crippen LogP contribution in [-0.4, -0.2) is 32.7 Å². The first-order chi connectivity index (χ1) is 5.41. The third-order valence-corrected chi connectivity index (χ3v) is 1.51. The molecule has 0 aliphatic heterocycles. The molecule has 68 valence electrons. The van der Waals surface area contributed by atoms with Crippen molar-refractivity contribution in [1.29, 1.82) is 0 Å². The van der Waals surface area contributed by atoms with Gasteiger partial charge in [0, 0.05) is 0 Å². The molecular weight excluding hydrogens is 138 g/mol. The van der Waals surface area contributed by atoms with Gasteiger partial charge in [0.2, 0.25) is 0 Å². The van der Waals surface area contributed by atoms with E-state index < -0.39 is 0 Å². The van der Waals surface area contributed by atoms with Crippen molar-refractivity contribution in [3.8, 4) is 0 Å². The van der Waals surface area contributed by atoms with Crippen LogP contribution in [0.4, 0.5) is 0 Å². The lowest BCUT2D eigenvalue weighted by atomic mass is 10.4. The number of rotatable bonds is 8. The summed E-state index contributed by atoms with van der Waals surface area (Å²) in [5.41, 5.74) is 5.34. The zero-order valence-corrected chi connectivity index (χ0v) is 7.53. The minimum atomic E-state index is 0.792. The van der Waals surface area contributed by atoms with E-state index in [0.717, 1.165) is 39.1 Å². The van der Waals surface area contributed by atoms with E-state index in [2.05, 4.69) is 17.6 Å². The molecule has 3 heteroatoms. The molecule has 0 bridgehead atoms. The summed E-state index contributed by atoms with van der Waals surface area (Å²) in [6.07, 6.45) is 2.29. The van der Waals surface area contributed by atoms with E-state index in [9.17, 15) is 0 Å². The van der Waals surface area contributed by atoms with Crippen LogP contribution in [0.25, 0.3) is 0 Å². The van der Waals surface area contributed by atoms with Gasteiger partial charge in [-0.05, 0) is 45.6 Å². The Morgan fingerprint density at radius 2 is 1.64 bits per heavy atom. The van der Waals surface area contributed by atoms with Crippen LogP contribution < -0.4 is 16.4 Å². The standard InChI is InChI=1S/C8H21N3/c1-2-10-7-4-8-11-6-3-5-9/h10-11H,2-9H2,1H3. The van der Waals surface area contributed by atoms with Crippen LogP contribution in [0.2, 0.25) is 0 Å². The Balaban J connectivity index is 2.69. The first-order valence-electron chi connectivity index (χ1n) is 4.53. The van der Waals surface area contributed by atoms with Crippen molar-refractivity contribution in [2.45, 2.75) is 19.8 Å². The molecule has 0 rings (SSSR count). The molecular formula is C8H21N3. The maximum absolute atomic E-state index is 5.34. The van der Waals surface area contributed by atoms with E-state index in [1.54, 1.807) is 0 Å². The summed E-state index contributed by atoms with van der Waals surface area (Å²) in [5.74, 6) is 0. The second-order valence-electron chi connectivity index (χ2n) is 2.60. The van der Waals surface area contributed by atoms with Crippen LogP contribution in [0.1, 0.15) is 19.8 Å². The number of nitrogens with one attached hydrogen (secondary N) is 2. The third-order valence-electron chi connectivity index (χ3n) is 1.51. The van der Waals surface area contributed by atoms with Gasteiger partial charge in [-0.2, -0.15) is 0 Å². The van der Waals surface area contributed by atoms with Crippen LogP contribution in [0.3, 0.4) is 0 Å². The van der Waals surface area contributed by atoms with E-state index in [1.807, 2.05) is 0 Å². The summed E-state index contributed by atoms with van der Waals surface area (Å²) in [7, 11) is 0. The maximum Gasteiger partial charge on any atom is -0.00368 e. The molecule has 3 nitrogen and oxygen atoms in total. The van der Waals surface area contributed by atoms with E-state index in [1.165, 1.54) is 6.42 Å². The molecule has 4 N–H and O–H groups in total. The van der Waals surface area contributed by atoms with E-state index in [4.69, 9.17) is 5.73 Å². The minimum Gasteiger partial charge on any atom is -0.330 e. The van der Waals surface area contributed by atoms with Crippen molar-refractivity contribution in [2.75, 3.05) is 32.7 Å². The van der Waals surface area contributed by atoms with Crippen LogP contribution in [0.5, 0.6) is 0 Å². The van der Waals surface area contributed by atoms with Crippen molar-refractivity contribution in [3.63, 3.8) is 0 Å². The largest absolute Gasteiger partial charge is 0.330 e. The second-order valence-corrected chi connectivity index (χ2v) is 2.60. The van der Waals surface area contributed by atoms with Gasteiger partial charge in [0.25, 0.3) is 0 Å². The zero-order valence-electron chi connectivity index (χ0n) is 7.53. The predicted molar refractivity (Wildman–Crippen MR) is 49.7 cm³/mol. The topological polar surface area (TPSA) is 50.1 Å². The van der Waals surface area contributed by atoms with Crippen LogP contribution in [0.15, 0.2) is 0 Å². The maximum atomic E-state index is 5.34. The summed E-state index contributed by atoms with van der Waals surface area (Å²) in [4.78, 5) is 0. The molecule has 0 radical (unpaired) electrons. The van der Waals surface area contributed by atoms with Crippen LogP contribution in [-0.2, 0) is 0 Å². The highest BCUT2D eigenvalue weighted by atomic mass is 14.9. The number of hydrogen-bond acceptors (Lipinski definition) is 3. The fourth-order valence-corrected chi connectivity index (χ4v) is 0.867. The molecule has 11 heavy (non-hydrogen) atoms. The SMILES string of the molecule is CCNCCCNCCCN. The molecule has 0 spiro atoms. The summed E-state index contributed by atoms with van der Waals surface area (Å²) in [6, 6.07) is 0. The summed E-state index contributed by atoms with van der Waals surface area (Å²) < 4.78 is 0. The molecule has 0 aliphatic rings. The molecule has 0 fully saturated rings. The predicted octanol–water partition coefficient (Wildman–Crippen LogP) is -0.0756. The highest BCUT2D eigenvalue weighted by molar-refractivity contribution is 4.50. The highest BCUT2D eigenvalue weighted by Crippen LogP contribution is 1.74. The van der Waals surface area contributed by atoms with Gasteiger partial charge in [-0.1, -0.05) is 6.92 Å². The average Bonchev–Trinajstić information content (AvgIpc) is 2.03. The molecule has 0 aromatic rings. The number of hydrogen-bond donors (Lipinski definition) is 3. The highest BCUT2D eigenvalue weighted by Gasteiger charge is 1.86. The zero-order chi connectivity index (χ0) is 8.36. The lowest BCUT2D eigenvalue weighted by molar-refractivity contribution is 0.595. The number of nitrogens with two attached hydrogens (primary N) is 1. The summed E-state index contributed by atoms with van der Waals surface area (Å²) in [5, 5.41) is 6.60. The van der Waals surface area contributed by atoms with Crippen molar-refractivity contribution in [1.82, 2.24) is 10.6 Å². The Bertz CT molecular complexity index is 58.4. The molecule has 0 heterocycles. The Kier molecular flexibility index (Phi) is 9.77. The molecule has 0 aromatic heterocycles. The van der Waals surface area contributed by atoms with Gasteiger partial charge in [0.15, 0.2) is 0 Å². The van der Waals surface area contributed by atoms with E-state index in [-0.39, 0.29) is 0 Å². The molecule has 0 saturated heterocycles. The van der Waals surface area contributed by atoms with Crippen LogP contribution in [0, 0.1) is 0 Å². The van der Waals surface area contributed by atoms with Gasteiger partial charge in [-0.3, -0.25) is 0 Å². The van der Waals surface area contributed by atoms with E-state index >= 15 is 0 Å². The van der Waals surface area contributed by atoms with E-state index in [0.29, 0.717) is 0 Å². The lowest BCUT2D eigenvalue weighted by Gasteiger charge is -2.03. The Morgan fingerprint density at radius 3 is 2.27 bits per heavy atom. The quantitative estimate of drug-likeness (QED) is 0.434. The second kappa shape index (κ2) is 9.88. The van der Waals surface area contributed by atoms with Crippen molar-refractivity contribution in [3.05, 3.63) is 0 Å². The Morgan fingerprint density at radius 1 is 1.00 bits per heavy atom. The Labute approximate surface area is 69.7 Å².